The summed E-state index contributed by atoms with van der Waals surface area (Å²) in [6, 6.07) is 8.92. The first kappa shape index (κ1) is 10.8. The molecule has 0 aromatic heterocycles. The van der Waals surface area contributed by atoms with Crippen molar-refractivity contribution in [2.75, 3.05) is 6.54 Å². The number of carbonyl (C=O) groups excluding carboxylic acids is 1. The lowest BCUT2D eigenvalue weighted by Gasteiger charge is -2.19. The summed E-state index contributed by atoms with van der Waals surface area (Å²) in [4.78, 5) is 13.1. The molecule has 0 spiro atoms. The zero-order valence-electron chi connectivity index (χ0n) is 8.47. The molecule has 0 bridgehead atoms. The van der Waals surface area contributed by atoms with Gasteiger partial charge in [-0.3, -0.25) is 4.90 Å². The van der Waals surface area contributed by atoms with Crippen molar-refractivity contribution in [3.63, 3.8) is 0 Å². The highest BCUT2D eigenvalue weighted by molar-refractivity contribution is 6.30. The number of allylic oxidation sites excluding steroid dienone is 2. The van der Waals surface area contributed by atoms with Gasteiger partial charge in [0.15, 0.2) is 0 Å². The van der Waals surface area contributed by atoms with E-state index in [1.54, 1.807) is 30.5 Å². The largest absolute Gasteiger partial charge is 0.419 e. The van der Waals surface area contributed by atoms with Crippen LogP contribution in [0.4, 0.5) is 4.79 Å². The first-order valence-corrected chi connectivity index (χ1v) is 5.20. The van der Waals surface area contributed by atoms with Crippen LogP contribution in [0.15, 0.2) is 53.7 Å². The van der Waals surface area contributed by atoms with E-state index < -0.39 is 6.09 Å². The Kier molecular flexibility index (Phi) is 3.27. The molecule has 1 aliphatic heterocycles. The molecule has 2 rings (SSSR count). The summed E-state index contributed by atoms with van der Waals surface area (Å²) in [6.07, 6.45) is 4.65. The molecule has 0 fully saturated rings. The van der Waals surface area contributed by atoms with Crippen LogP contribution in [0.1, 0.15) is 0 Å². The van der Waals surface area contributed by atoms with Crippen LogP contribution in [0.5, 0.6) is 5.75 Å². The molecule has 1 aromatic rings. The monoisotopic (exact) mass is 235 g/mol. The van der Waals surface area contributed by atoms with Gasteiger partial charge < -0.3 is 4.74 Å². The standard InChI is InChI=1S/C12H10ClNO2/c13-10-5-4-8-14(9-10)12(15)16-11-6-2-1-3-7-11/h1-8H,9H2. The minimum Gasteiger partial charge on any atom is -0.410 e. The lowest BCUT2D eigenvalue weighted by atomic mass is 10.3. The van der Waals surface area contributed by atoms with Gasteiger partial charge >= 0.3 is 6.09 Å². The van der Waals surface area contributed by atoms with Crippen LogP contribution in [0.25, 0.3) is 0 Å². The van der Waals surface area contributed by atoms with Crippen LogP contribution in [-0.2, 0) is 0 Å². The fourth-order valence-corrected chi connectivity index (χ4v) is 1.49. The quantitative estimate of drug-likeness (QED) is 0.749. The van der Waals surface area contributed by atoms with E-state index in [-0.39, 0.29) is 0 Å². The van der Waals surface area contributed by atoms with E-state index in [0.29, 0.717) is 17.3 Å². The minimum atomic E-state index is -0.436. The number of nitrogens with zero attached hydrogens (tertiary/aromatic N) is 1. The highest BCUT2D eigenvalue weighted by Crippen LogP contribution is 2.14. The summed E-state index contributed by atoms with van der Waals surface area (Å²) in [5.74, 6) is 0.520. The molecule has 0 atom stereocenters. The van der Waals surface area contributed by atoms with Crippen molar-refractivity contribution >= 4 is 17.7 Å². The average molecular weight is 236 g/mol. The van der Waals surface area contributed by atoms with Crippen molar-refractivity contribution in [1.29, 1.82) is 0 Å². The third kappa shape index (κ3) is 2.64. The molecule has 1 aromatic carbocycles. The lowest BCUT2D eigenvalue weighted by Crippen LogP contribution is -2.30. The van der Waals surface area contributed by atoms with E-state index in [1.165, 1.54) is 4.90 Å². The Hall–Kier alpha value is -1.74. The molecule has 1 aliphatic rings. The summed E-state index contributed by atoms with van der Waals surface area (Å²) < 4.78 is 5.15. The second-order valence-corrected chi connectivity index (χ2v) is 3.75. The average Bonchev–Trinajstić information content (AvgIpc) is 2.30. The molecule has 0 unspecified atom stereocenters. The van der Waals surface area contributed by atoms with Gasteiger partial charge in [0.05, 0.1) is 6.54 Å². The first-order chi connectivity index (χ1) is 7.75. The van der Waals surface area contributed by atoms with E-state index in [4.69, 9.17) is 16.3 Å². The number of benzene rings is 1. The molecule has 0 saturated heterocycles. The Balaban J connectivity index is 2.00. The third-order valence-electron chi connectivity index (χ3n) is 2.05. The fourth-order valence-electron chi connectivity index (χ4n) is 1.29. The molecule has 0 radical (unpaired) electrons. The molecular weight excluding hydrogens is 226 g/mol. The van der Waals surface area contributed by atoms with Gasteiger partial charge in [0.1, 0.15) is 5.75 Å². The number of halogens is 1. The SMILES string of the molecule is O=C(Oc1ccccc1)N1C=CC=C(Cl)C1. The van der Waals surface area contributed by atoms with Gasteiger partial charge in [-0.1, -0.05) is 29.8 Å². The van der Waals surface area contributed by atoms with Crippen molar-refractivity contribution in [3.05, 3.63) is 53.7 Å². The second-order valence-electron chi connectivity index (χ2n) is 3.26. The van der Waals surface area contributed by atoms with E-state index in [9.17, 15) is 4.79 Å². The predicted molar refractivity (Wildman–Crippen MR) is 62.2 cm³/mol. The molecule has 82 valence electrons. The molecule has 1 amide bonds. The maximum absolute atomic E-state index is 11.7. The van der Waals surface area contributed by atoms with Gasteiger partial charge in [0, 0.05) is 11.2 Å². The maximum atomic E-state index is 11.7. The minimum absolute atomic E-state index is 0.351. The van der Waals surface area contributed by atoms with Crippen LogP contribution in [0.3, 0.4) is 0 Å². The van der Waals surface area contributed by atoms with Crippen molar-refractivity contribution in [2.24, 2.45) is 0 Å². The van der Waals surface area contributed by atoms with Gasteiger partial charge in [-0.15, -0.1) is 0 Å². The lowest BCUT2D eigenvalue weighted by molar-refractivity contribution is 0.173. The highest BCUT2D eigenvalue weighted by Gasteiger charge is 2.15. The predicted octanol–water partition coefficient (Wildman–Crippen LogP) is 3.14. The molecule has 3 nitrogen and oxygen atoms in total. The van der Waals surface area contributed by atoms with Gasteiger partial charge in [0.2, 0.25) is 0 Å². The third-order valence-corrected chi connectivity index (χ3v) is 2.29. The zero-order chi connectivity index (χ0) is 11.4. The van der Waals surface area contributed by atoms with E-state index in [1.807, 2.05) is 18.2 Å². The topological polar surface area (TPSA) is 29.5 Å². The van der Waals surface area contributed by atoms with Crippen molar-refractivity contribution in [3.8, 4) is 5.75 Å². The van der Waals surface area contributed by atoms with Crippen LogP contribution >= 0.6 is 11.6 Å². The van der Waals surface area contributed by atoms with E-state index in [2.05, 4.69) is 0 Å². The van der Waals surface area contributed by atoms with Crippen LogP contribution in [0.2, 0.25) is 0 Å². The Labute approximate surface area is 98.6 Å². The summed E-state index contributed by atoms with van der Waals surface area (Å²) in [6.45, 7) is 0.351. The maximum Gasteiger partial charge on any atom is 0.419 e. The van der Waals surface area contributed by atoms with Gasteiger partial charge in [-0.25, -0.2) is 4.79 Å². The number of hydrogen-bond acceptors (Lipinski definition) is 2. The molecule has 0 aliphatic carbocycles. The molecule has 16 heavy (non-hydrogen) atoms. The fraction of sp³-hybridized carbons (Fsp3) is 0.0833. The van der Waals surface area contributed by atoms with Crippen molar-refractivity contribution in [2.45, 2.75) is 0 Å². The molecular formula is C12H10ClNO2. The number of hydrogen-bond donors (Lipinski definition) is 0. The number of ether oxygens (including phenoxy) is 1. The van der Waals surface area contributed by atoms with Crippen LogP contribution in [0, 0.1) is 0 Å². The zero-order valence-corrected chi connectivity index (χ0v) is 9.22. The van der Waals surface area contributed by atoms with Crippen molar-refractivity contribution in [1.82, 2.24) is 4.90 Å². The Morgan fingerprint density at radius 3 is 2.75 bits per heavy atom. The van der Waals surface area contributed by atoms with Crippen LogP contribution < -0.4 is 4.74 Å². The molecule has 1 heterocycles. The van der Waals surface area contributed by atoms with Crippen LogP contribution in [-0.4, -0.2) is 17.5 Å². The second kappa shape index (κ2) is 4.86. The van der Waals surface area contributed by atoms with Gasteiger partial charge in [-0.05, 0) is 24.3 Å². The highest BCUT2D eigenvalue weighted by atomic mass is 35.5. The summed E-state index contributed by atoms with van der Waals surface area (Å²) >= 11 is 5.82. The number of carbonyl (C=O) groups is 1. The summed E-state index contributed by atoms with van der Waals surface area (Å²) in [7, 11) is 0. The number of rotatable bonds is 1. The number of amides is 1. The molecule has 0 saturated carbocycles. The molecule has 4 heteroatoms. The van der Waals surface area contributed by atoms with E-state index in [0.717, 1.165) is 0 Å². The Morgan fingerprint density at radius 1 is 1.31 bits per heavy atom. The normalized spacial score (nSPS) is 14.6. The van der Waals surface area contributed by atoms with Gasteiger partial charge in [-0.2, -0.15) is 0 Å². The molecule has 0 N–H and O–H groups in total. The smallest absolute Gasteiger partial charge is 0.410 e. The van der Waals surface area contributed by atoms with E-state index >= 15 is 0 Å². The van der Waals surface area contributed by atoms with Crippen molar-refractivity contribution < 1.29 is 9.53 Å². The Morgan fingerprint density at radius 2 is 2.06 bits per heavy atom. The Bertz CT molecular complexity index is 440. The summed E-state index contributed by atoms with van der Waals surface area (Å²) in [5.41, 5.74) is 0. The number of para-hydroxylation sites is 1. The van der Waals surface area contributed by atoms with Gasteiger partial charge in [0.25, 0.3) is 0 Å². The summed E-state index contributed by atoms with van der Waals surface area (Å²) in [5, 5.41) is 0.604. The first-order valence-electron chi connectivity index (χ1n) is 4.82.